The van der Waals surface area contributed by atoms with Gasteiger partial charge < -0.3 is 4.74 Å². The van der Waals surface area contributed by atoms with Crippen molar-refractivity contribution in [2.45, 2.75) is 50.9 Å². The Kier molecular flexibility index (Phi) is 7.68. The molecule has 0 N–H and O–H groups in total. The number of hydrogen-bond acceptors (Lipinski definition) is 4. The number of methoxy groups -OCH3 is 1. The largest absolute Gasteiger partial charge is 0.469 e. The molecule has 4 atom stereocenters. The minimum absolute atomic E-state index is 0.0297. The smallest absolute Gasteiger partial charge is 0.309 e. The van der Waals surface area contributed by atoms with Gasteiger partial charge in [0.05, 0.1) is 26.7 Å². The lowest BCUT2D eigenvalue weighted by molar-refractivity contribution is -0.286. The standard InChI is InChI=1S/C26H34O4/c1-5-6-12-17-26(20-13-8-7-9-14-20)22-16-11-10-15-21(22)19(2)24(25(27)28-3)23(26)18-30-29-4/h7-11,13-16,19,23-24H,5-6,12,17-18H2,1-4H3. The molecule has 162 valence electrons. The molecule has 30 heavy (non-hydrogen) atoms. The number of unbranched alkanes of at least 4 members (excludes halogenated alkanes) is 2. The van der Waals surface area contributed by atoms with E-state index in [2.05, 4.69) is 62.4 Å². The average molecular weight is 411 g/mol. The first-order chi connectivity index (χ1) is 14.6. The van der Waals surface area contributed by atoms with E-state index in [1.165, 1.54) is 30.9 Å². The SMILES string of the molecule is CCCCCC1(c2ccccc2)c2ccccc2C(C)C(C(=O)OC)C1COOC. The molecule has 0 aromatic heterocycles. The van der Waals surface area contributed by atoms with Crippen LogP contribution >= 0.6 is 0 Å². The first kappa shape index (κ1) is 22.5. The Morgan fingerprint density at radius 1 is 1.00 bits per heavy atom. The molecule has 1 aliphatic carbocycles. The molecule has 0 saturated heterocycles. The van der Waals surface area contributed by atoms with Crippen LogP contribution in [0.25, 0.3) is 0 Å². The van der Waals surface area contributed by atoms with E-state index in [0.717, 1.165) is 25.7 Å². The molecule has 0 amide bonds. The highest BCUT2D eigenvalue weighted by atomic mass is 17.2. The third kappa shape index (κ3) is 4.03. The lowest BCUT2D eigenvalue weighted by atomic mass is 9.52. The summed E-state index contributed by atoms with van der Waals surface area (Å²) in [7, 11) is 3.00. The van der Waals surface area contributed by atoms with Gasteiger partial charge in [-0.15, -0.1) is 0 Å². The van der Waals surface area contributed by atoms with Crippen LogP contribution in [0.1, 0.15) is 62.1 Å². The lowest BCUT2D eigenvalue weighted by Crippen LogP contribution is -2.51. The third-order valence-electron chi connectivity index (χ3n) is 6.84. The van der Waals surface area contributed by atoms with Crippen molar-refractivity contribution in [3.05, 3.63) is 71.3 Å². The topological polar surface area (TPSA) is 44.8 Å². The Morgan fingerprint density at radius 2 is 1.70 bits per heavy atom. The summed E-state index contributed by atoms with van der Waals surface area (Å²) in [6, 6.07) is 19.2. The zero-order chi connectivity index (χ0) is 21.6. The molecule has 4 nitrogen and oxygen atoms in total. The minimum Gasteiger partial charge on any atom is -0.469 e. The van der Waals surface area contributed by atoms with Gasteiger partial charge in [-0.1, -0.05) is 87.7 Å². The molecule has 4 heteroatoms. The first-order valence-electron chi connectivity index (χ1n) is 11.0. The molecule has 0 bridgehead atoms. The first-order valence-corrected chi connectivity index (χ1v) is 11.0. The van der Waals surface area contributed by atoms with Gasteiger partial charge in [-0.3, -0.25) is 4.79 Å². The molecule has 0 spiro atoms. The van der Waals surface area contributed by atoms with Crippen molar-refractivity contribution >= 4 is 5.97 Å². The summed E-state index contributed by atoms with van der Waals surface area (Å²) >= 11 is 0. The van der Waals surface area contributed by atoms with Gasteiger partial charge in [0, 0.05) is 11.3 Å². The molecule has 0 radical (unpaired) electrons. The molecule has 4 unspecified atom stereocenters. The molecule has 2 aromatic rings. The normalized spacial score (nSPS) is 25.5. The summed E-state index contributed by atoms with van der Waals surface area (Å²) in [5.74, 6) is -0.574. The van der Waals surface area contributed by atoms with Crippen LogP contribution in [0.4, 0.5) is 0 Å². The fourth-order valence-corrected chi connectivity index (χ4v) is 5.46. The number of carbonyl (C=O) groups is 1. The van der Waals surface area contributed by atoms with Gasteiger partial charge in [0.25, 0.3) is 0 Å². The van der Waals surface area contributed by atoms with E-state index in [1.807, 2.05) is 6.07 Å². The van der Waals surface area contributed by atoms with Crippen LogP contribution in [-0.2, 0) is 24.7 Å². The monoisotopic (exact) mass is 410 g/mol. The van der Waals surface area contributed by atoms with Crippen molar-refractivity contribution in [2.24, 2.45) is 11.8 Å². The van der Waals surface area contributed by atoms with Crippen molar-refractivity contribution in [3.63, 3.8) is 0 Å². The third-order valence-corrected chi connectivity index (χ3v) is 6.84. The number of ether oxygens (including phenoxy) is 1. The van der Waals surface area contributed by atoms with Gasteiger partial charge in [-0.25, -0.2) is 9.78 Å². The Morgan fingerprint density at radius 3 is 2.37 bits per heavy atom. The van der Waals surface area contributed by atoms with Gasteiger partial charge in [-0.05, 0) is 29.0 Å². The van der Waals surface area contributed by atoms with Crippen LogP contribution in [0.5, 0.6) is 0 Å². The van der Waals surface area contributed by atoms with Crippen LogP contribution in [0.3, 0.4) is 0 Å². The number of fused-ring (bicyclic) bond motifs is 1. The molecule has 2 aromatic carbocycles. The van der Waals surface area contributed by atoms with Crippen LogP contribution in [-0.4, -0.2) is 26.8 Å². The van der Waals surface area contributed by atoms with E-state index in [9.17, 15) is 4.79 Å². The second-order valence-electron chi connectivity index (χ2n) is 8.28. The Hall–Kier alpha value is -2.17. The summed E-state index contributed by atoms with van der Waals surface area (Å²) in [4.78, 5) is 23.7. The summed E-state index contributed by atoms with van der Waals surface area (Å²) in [5.41, 5.74) is 3.39. The van der Waals surface area contributed by atoms with Gasteiger partial charge in [0.1, 0.15) is 0 Å². The summed E-state index contributed by atoms with van der Waals surface area (Å²) < 4.78 is 5.30. The van der Waals surface area contributed by atoms with Gasteiger partial charge in [0.15, 0.2) is 0 Å². The minimum atomic E-state index is -0.350. The average Bonchev–Trinajstić information content (AvgIpc) is 2.79. The highest BCUT2D eigenvalue weighted by Gasteiger charge is 2.54. The van der Waals surface area contributed by atoms with E-state index in [0.29, 0.717) is 6.61 Å². The maximum absolute atomic E-state index is 13.1. The van der Waals surface area contributed by atoms with E-state index >= 15 is 0 Å². The van der Waals surface area contributed by atoms with Crippen LogP contribution < -0.4 is 0 Å². The molecular formula is C26H34O4. The number of esters is 1. The van der Waals surface area contributed by atoms with Crippen LogP contribution in [0.2, 0.25) is 0 Å². The summed E-state index contributed by atoms with van der Waals surface area (Å²) in [5, 5.41) is 0. The van der Waals surface area contributed by atoms with Crippen molar-refractivity contribution in [2.75, 3.05) is 20.8 Å². The Labute approximate surface area is 180 Å². The van der Waals surface area contributed by atoms with Crippen molar-refractivity contribution in [1.29, 1.82) is 0 Å². The highest BCUT2D eigenvalue weighted by Crippen LogP contribution is 2.56. The molecule has 0 fully saturated rings. The van der Waals surface area contributed by atoms with Crippen LogP contribution in [0, 0.1) is 11.8 Å². The summed E-state index contributed by atoms with van der Waals surface area (Å²) in [6.45, 7) is 4.67. The van der Waals surface area contributed by atoms with Gasteiger partial charge >= 0.3 is 5.97 Å². The fourth-order valence-electron chi connectivity index (χ4n) is 5.46. The Bertz CT molecular complexity index is 819. The molecule has 0 heterocycles. The van der Waals surface area contributed by atoms with Crippen molar-refractivity contribution in [3.8, 4) is 0 Å². The zero-order valence-corrected chi connectivity index (χ0v) is 18.6. The van der Waals surface area contributed by atoms with Gasteiger partial charge in [0.2, 0.25) is 0 Å². The molecule has 3 rings (SSSR count). The number of carbonyl (C=O) groups excluding carboxylic acids is 1. The predicted octanol–water partition coefficient (Wildman–Crippen LogP) is 5.65. The second kappa shape index (κ2) is 10.2. The van der Waals surface area contributed by atoms with Crippen molar-refractivity contribution in [1.82, 2.24) is 0 Å². The van der Waals surface area contributed by atoms with E-state index in [-0.39, 0.29) is 29.1 Å². The fraction of sp³-hybridized carbons (Fsp3) is 0.500. The molecule has 0 saturated carbocycles. The van der Waals surface area contributed by atoms with E-state index < -0.39 is 0 Å². The van der Waals surface area contributed by atoms with Crippen molar-refractivity contribution < 1.29 is 19.3 Å². The number of rotatable bonds is 9. The molecule has 0 aliphatic heterocycles. The maximum atomic E-state index is 13.1. The predicted molar refractivity (Wildman–Crippen MR) is 118 cm³/mol. The van der Waals surface area contributed by atoms with Crippen LogP contribution in [0.15, 0.2) is 54.6 Å². The molecule has 1 aliphatic rings. The van der Waals surface area contributed by atoms with E-state index in [4.69, 9.17) is 14.5 Å². The zero-order valence-electron chi connectivity index (χ0n) is 18.6. The number of benzene rings is 2. The number of hydrogen-bond donors (Lipinski definition) is 0. The highest BCUT2D eigenvalue weighted by molar-refractivity contribution is 5.76. The quantitative estimate of drug-likeness (QED) is 0.232. The van der Waals surface area contributed by atoms with E-state index in [1.54, 1.807) is 0 Å². The Balaban J connectivity index is 2.29. The molecular weight excluding hydrogens is 376 g/mol. The second-order valence-corrected chi connectivity index (χ2v) is 8.28. The maximum Gasteiger partial charge on any atom is 0.309 e. The summed E-state index contributed by atoms with van der Waals surface area (Å²) in [6.07, 6.45) is 4.31. The van der Waals surface area contributed by atoms with Gasteiger partial charge in [-0.2, -0.15) is 0 Å². The lowest BCUT2D eigenvalue weighted by Gasteiger charge is -2.51.